The van der Waals surface area contributed by atoms with Gasteiger partial charge in [-0.25, -0.2) is 0 Å². The van der Waals surface area contributed by atoms with Crippen LogP contribution in [0.5, 0.6) is 11.5 Å². The Morgan fingerprint density at radius 1 is 0.867 bits per heavy atom. The molecule has 0 saturated heterocycles. The molecule has 154 valence electrons. The highest BCUT2D eigenvalue weighted by Gasteiger charge is 2.11. The van der Waals surface area contributed by atoms with E-state index in [0.717, 1.165) is 5.75 Å². The molecule has 0 bridgehead atoms. The van der Waals surface area contributed by atoms with Crippen molar-refractivity contribution >= 4 is 52.1 Å². The van der Waals surface area contributed by atoms with E-state index in [1.807, 2.05) is 30.3 Å². The highest BCUT2D eigenvalue weighted by Crippen LogP contribution is 2.29. The summed E-state index contributed by atoms with van der Waals surface area (Å²) < 4.78 is 11.2. The number of hydrogen-bond donors (Lipinski definition) is 2. The first-order chi connectivity index (χ1) is 14.5. The highest BCUT2D eigenvalue weighted by atomic mass is 35.5. The zero-order chi connectivity index (χ0) is 21.3. The Morgan fingerprint density at radius 3 is 2.30 bits per heavy atom. The molecule has 0 aliphatic rings. The van der Waals surface area contributed by atoms with Crippen LogP contribution in [-0.2, 0) is 0 Å². The molecule has 0 aliphatic carbocycles. The number of anilines is 1. The Hall–Kier alpha value is -2.80. The van der Waals surface area contributed by atoms with Gasteiger partial charge in [0.15, 0.2) is 5.11 Å². The van der Waals surface area contributed by atoms with Crippen molar-refractivity contribution in [1.29, 1.82) is 0 Å². The second kappa shape index (κ2) is 10.8. The molecule has 5 nitrogen and oxygen atoms in total. The molecule has 0 unspecified atom stereocenters. The summed E-state index contributed by atoms with van der Waals surface area (Å²) in [4.78, 5) is 12.5. The second-order valence-corrected chi connectivity index (χ2v) is 7.24. The first-order valence-corrected chi connectivity index (χ1v) is 10.2. The van der Waals surface area contributed by atoms with Crippen molar-refractivity contribution in [2.24, 2.45) is 0 Å². The maximum Gasteiger partial charge on any atom is 0.257 e. The van der Waals surface area contributed by atoms with Crippen molar-refractivity contribution in [2.45, 2.75) is 0 Å². The van der Waals surface area contributed by atoms with E-state index in [2.05, 4.69) is 10.6 Å². The van der Waals surface area contributed by atoms with Crippen LogP contribution in [-0.4, -0.2) is 24.2 Å². The molecule has 0 heterocycles. The first kappa shape index (κ1) is 21.9. The van der Waals surface area contributed by atoms with E-state index in [-0.39, 0.29) is 11.0 Å². The fourth-order valence-electron chi connectivity index (χ4n) is 2.49. The van der Waals surface area contributed by atoms with Gasteiger partial charge in [-0.3, -0.25) is 10.1 Å². The van der Waals surface area contributed by atoms with E-state index in [1.54, 1.807) is 42.5 Å². The lowest BCUT2D eigenvalue weighted by molar-refractivity contribution is 0.0977. The Balaban J connectivity index is 1.51. The monoisotopic (exact) mass is 460 g/mol. The predicted molar refractivity (Wildman–Crippen MR) is 124 cm³/mol. The van der Waals surface area contributed by atoms with E-state index in [4.69, 9.17) is 44.9 Å². The van der Waals surface area contributed by atoms with Crippen molar-refractivity contribution in [3.05, 3.63) is 88.4 Å². The molecule has 3 aromatic carbocycles. The number of ether oxygens (including phenoxy) is 2. The number of rotatable bonds is 7. The average Bonchev–Trinajstić information content (AvgIpc) is 2.75. The Kier molecular flexibility index (Phi) is 7.90. The fourth-order valence-corrected chi connectivity index (χ4v) is 3.04. The maximum atomic E-state index is 12.5. The standard InChI is InChI=1S/C22H18Cl2N2O3S/c23-18-10-5-11-19(20(18)24)25-22(30)26-21(27)15-6-4-9-17(14-15)29-13-12-28-16-7-2-1-3-8-16/h1-11,14H,12-13H2,(H2,25,26,27,30). The third kappa shape index (κ3) is 6.35. The second-order valence-electron chi connectivity index (χ2n) is 6.05. The number of hydrogen-bond acceptors (Lipinski definition) is 4. The van der Waals surface area contributed by atoms with Crippen LogP contribution in [0.15, 0.2) is 72.8 Å². The maximum absolute atomic E-state index is 12.5. The molecule has 0 saturated carbocycles. The van der Waals surface area contributed by atoms with E-state index < -0.39 is 0 Å². The summed E-state index contributed by atoms with van der Waals surface area (Å²) >= 11 is 17.3. The molecular weight excluding hydrogens is 443 g/mol. The first-order valence-electron chi connectivity index (χ1n) is 9.00. The van der Waals surface area contributed by atoms with Gasteiger partial charge in [0.2, 0.25) is 0 Å². The molecule has 0 radical (unpaired) electrons. The highest BCUT2D eigenvalue weighted by molar-refractivity contribution is 7.80. The molecule has 3 aromatic rings. The van der Waals surface area contributed by atoms with Crippen LogP contribution in [0, 0.1) is 0 Å². The van der Waals surface area contributed by atoms with Crippen LogP contribution in [0.2, 0.25) is 10.0 Å². The van der Waals surface area contributed by atoms with Gasteiger partial charge in [0, 0.05) is 5.56 Å². The summed E-state index contributed by atoms with van der Waals surface area (Å²) in [5, 5.41) is 6.28. The molecular formula is C22H18Cl2N2O3S. The van der Waals surface area contributed by atoms with Gasteiger partial charge in [0.25, 0.3) is 5.91 Å². The molecule has 0 atom stereocenters. The summed E-state index contributed by atoms with van der Waals surface area (Å²) in [6, 6.07) is 21.4. The summed E-state index contributed by atoms with van der Waals surface area (Å²) in [5.74, 6) is 0.947. The zero-order valence-corrected chi connectivity index (χ0v) is 18.1. The normalized spacial score (nSPS) is 10.2. The summed E-state index contributed by atoms with van der Waals surface area (Å²) in [7, 11) is 0. The predicted octanol–water partition coefficient (Wildman–Crippen LogP) is 5.58. The molecule has 1 amide bonds. The van der Waals surface area contributed by atoms with Gasteiger partial charge in [-0.1, -0.05) is 53.5 Å². The third-order valence-corrected chi connectivity index (χ3v) is 4.91. The minimum Gasteiger partial charge on any atom is -0.490 e. The smallest absolute Gasteiger partial charge is 0.257 e. The molecule has 0 aliphatic heterocycles. The SMILES string of the molecule is O=C(NC(=S)Nc1cccc(Cl)c1Cl)c1cccc(OCCOc2ccccc2)c1. The number of carbonyl (C=O) groups excluding carboxylic acids is 1. The van der Waals surface area contributed by atoms with Gasteiger partial charge in [0.1, 0.15) is 24.7 Å². The minimum atomic E-state index is -0.378. The number of carbonyl (C=O) groups is 1. The average molecular weight is 461 g/mol. The summed E-state index contributed by atoms with van der Waals surface area (Å²) in [6.45, 7) is 0.724. The lowest BCUT2D eigenvalue weighted by atomic mass is 10.2. The van der Waals surface area contributed by atoms with Crippen LogP contribution in [0.25, 0.3) is 0 Å². The van der Waals surface area contributed by atoms with Crippen molar-refractivity contribution in [2.75, 3.05) is 18.5 Å². The number of nitrogens with one attached hydrogen (secondary N) is 2. The van der Waals surface area contributed by atoms with Gasteiger partial charge < -0.3 is 14.8 Å². The quantitative estimate of drug-likeness (QED) is 0.356. The Labute approximate surface area is 189 Å². The topological polar surface area (TPSA) is 59.6 Å². The summed E-state index contributed by atoms with van der Waals surface area (Å²) in [5.41, 5.74) is 0.905. The number of halogens is 2. The lowest BCUT2D eigenvalue weighted by Gasteiger charge is -2.12. The van der Waals surface area contributed by atoms with Crippen molar-refractivity contribution in [3.63, 3.8) is 0 Å². The molecule has 0 fully saturated rings. The number of amides is 1. The molecule has 8 heteroatoms. The number of benzene rings is 3. The van der Waals surface area contributed by atoms with Crippen LogP contribution in [0.1, 0.15) is 10.4 Å². The van der Waals surface area contributed by atoms with Gasteiger partial charge in [-0.15, -0.1) is 0 Å². The van der Waals surface area contributed by atoms with Gasteiger partial charge in [0.05, 0.1) is 15.7 Å². The number of para-hydroxylation sites is 1. The molecule has 30 heavy (non-hydrogen) atoms. The van der Waals surface area contributed by atoms with Crippen LogP contribution in [0.3, 0.4) is 0 Å². The molecule has 2 N–H and O–H groups in total. The van der Waals surface area contributed by atoms with Gasteiger partial charge in [-0.2, -0.15) is 0 Å². The van der Waals surface area contributed by atoms with Gasteiger partial charge in [-0.05, 0) is 54.7 Å². The lowest BCUT2D eigenvalue weighted by Crippen LogP contribution is -2.34. The Bertz CT molecular complexity index is 1030. The molecule has 0 aromatic heterocycles. The van der Waals surface area contributed by atoms with Crippen LogP contribution >= 0.6 is 35.4 Å². The number of thiocarbonyl (C=S) groups is 1. The Morgan fingerprint density at radius 2 is 1.53 bits per heavy atom. The van der Waals surface area contributed by atoms with Crippen LogP contribution in [0.4, 0.5) is 5.69 Å². The van der Waals surface area contributed by atoms with Crippen LogP contribution < -0.4 is 20.1 Å². The van der Waals surface area contributed by atoms with E-state index in [0.29, 0.717) is 40.3 Å². The van der Waals surface area contributed by atoms with E-state index in [1.165, 1.54) is 0 Å². The minimum absolute atomic E-state index is 0.103. The fraction of sp³-hybridized carbons (Fsp3) is 0.0909. The third-order valence-electron chi connectivity index (χ3n) is 3.89. The zero-order valence-electron chi connectivity index (χ0n) is 15.7. The largest absolute Gasteiger partial charge is 0.490 e. The molecule has 3 rings (SSSR count). The molecule has 0 spiro atoms. The van der Waals surface area contributed by atoms with E-state index in [9.17, 15) is 4.79 Å². The van der Waals surface area contributed by atoms with E-state index >= 15 is 0 Å². The van der Waals surface area contributed by atoms with Gasteiger partial charge >= 0.3 is 0 Å². The van der Waals surface area contributed by atoms with Crippen molar-refractivity contribution in [3.8, 4) is 11.5 Å². The van der Waals surface area contributed by atoms with Crippen molar-refractivity contribution in [1.82, 2.24) is 5.32 Å². The van der Waals surface area contributed by atoms with Crippen molar-refractivity contribution < 1.29 is 14.3 Å². The summed E-state index contributed by atoms with van der Waals surface area (Å²) in [6.07, 6.45) is 0.